The van der Waals surface area contributed by atoms with Crippen LogP contribution in [-0.2, 0) is 14.4 Å². The summed E-state index contributed by atoms with van der Waals surface area (Å²) in [5.74, 6) is -0.690. The van der Waals surface area contributed by atoms with E-state index in [1.54, 1.807) is 29.2 Å². The van der Waals surface area contributed by atoms with Gasteiger partial charge in [0.25, 0.3) is 5.91 Å². The van der Waals surface area contributed by atoms with Crippen molar-refractivity contribution < 1.29 is 19.1 Å². The first-order valence-electron chi connectivity index (χ1n) is 9.07. The number of carbonyl (C=O) groups excluding carboxylic acids is 3. The Labute approximate surface area is 158 Å². The average molecular weight is 374 g/mol. The van der Waals surface area contributed by atoms with Crippen LogP contribution >= 0.6 is 0 Å². The van der Waals surface area contributed by atoms with E-state index in [0.29, 0.717) is 12.3 Å². The van der Waals surface area contributed by atoms with Gasteiger partial charge in [0.05, 0.1) is 6.21 Å². The van der Waals surface area contributed by atoms with Crippen molar-refractivity contribution >= 4 is 23.9 Å². The minimum atomic E-state index is -0.813. The first-order chi connectivity index (χ1) is 13.0. The molecule has 1 aliphatic heterocycles. The zero-order valence-corrected chi connectivity index (χ0v) is 15.7. The van der Waals surface area contributed by atoms with Crippen molar-refractivity contribution in [1.82, 2.24) is 15.6 Å². The first-order valence-corrected chi connectivity index (χ1v) is 9.07. The Hall–Kier alpha value is -2.90. The lowest BCUT2D eigenvalue weighted by molar-refractivity contribution is -0.139. The topological polar surface area (TPSA) is 100 Å². The van der Waals surface area contributed by atoms with Crippen LogP contribution in [0.15, 0.2) is 29.4 Å². The van der Waals surface area contributed by atoms with Crippen molar-refractivity contribution in [2.45, 2.75) is 26.7 Å². The normalized spacial score (nSPS) is 13.8. The molecule has 1 aromatic carbocycles. The van der Waals surface area contributed by atoms with E-state index in [9.17, 15) is 14.4 Å². The molecule has 0 bridgehead atoms. The number of ether oxygens (including phenoxy) is 1. The predicted octanol–water partition coefficient (Wildman–Crippen LogP) is 0.910. The summed E-state index contributed by atoms with van der Waals surface area (Å²) in [7, 11) is 0. The third kappa shape index (κ3) is 7.08. The third-order valence-electron chi connectivity index (χ3n) is 3.96. The summed E-state index contributed by atoms with van der Waals surface area (Å²) < 4.78 is 5.50. The highest BCUT2D eigenvalue weighted by Crippen LogP contribution is 2.12. The standard InChI is InChI=1S/C19H26N4O4/c1-14(2)11-20-18(25)19(26)22-21-12-15-5-7-16(8-6-15)27-13-17(24)23-9-3-4-10-23/h5-8,12,14H,3-4,9-11,13H2,1-2H3,(H,20,25)(H,22,26)/b21-12+. The molecule has 0 radical (unpaired) electrons. The van der Waals surface area contributed by atoms with Crippen LogP contribution in [0.25, 0.3) is 0 Å². The number of hydrazone groups is 1. The van der Waals surface area contributed by atoms with Gasteiger partial charge in [-0.15, -0.1) is 0 Å². The van der Waals surface area contributed by atoms with Gasteiger partial charge in [0.2, 0.25) is 0 Å². The quantitative estimate of drug-likeness (QED) is 0.421. The van der Waals surface area contributed by atoms with Gasteiger partial charge >= 0.3 is 11.8 Å². The molecule has 0 aliphatic carbocycles. The van der Waals surface area contributed by atoms with E-state index in [0.717, 1.165) is 31.5 Å². The number of carbonyl (C=O) groups is 3. The SMILES string of the molecule is CC(C)CNC(=O)C(=O)N/N=C/c1ccc(OCC(=O)N2CCCC2)cc1. The average Bonchev–Trinajstić information content (AvgIpc) is 3.20. The molecular weight excluding hydrogens is 348 g/mol. The zero-order chi connectivity index (χ0) is 19.6. The van der Waals surface area contributed by atoms with Crippen LogP contribution in [0.1, 0.15) is 32.3 Å². The van der Waals surface area contributed by atoms with Gasteiger partial charge in [-0.25, -0.2) is 5.43 Å². The number of rotatable bonds is 7. The Morgan fingerprint density at radius 3 is 2.44 bits per heavy atom. The second-order valence-corrected chi connectivity index (χ2v) is 6.75. The summed E-state index contributed by atoms with van der Waals surface area (Å²) in [5, 5.41) is 6.27. The first kappa shape index (κ1) is 20.4. The van der Waals surface area contributed by atoms with Gasteiger partial charge in [-0.2, -0.15) is 5.10 Å². The number of hydrogen-bond acceptors (Lipinski definition) is 5. The molecule has 1 saturated heterocycles. The summed E-state index contributed by atoms with van der Waals surface area (Å²) in [4.78, 5) is 36.8. The molecule has 2 rings (SSSR count). The molecule has 0 atom stereocenters. The van der Waals surface area contributed by atoms with Crippen molar-refractivity contribution in [1.29, 1.82) is 0 Å². The van der Waals surface area contributed by atoms with Crippen LogP contribution in [-0.4, -0.2) is 55.1 Å². The van der Waals surface area contributed by atoms with Crippen LogP contribution in [0.3, 0.4) is 0 Å². The fourth-order valence-corrected chi connectivity index (χ4v) is 2.45. The fraction of sp³-hybridized carbons (Fsp3) is 0.474. The molecular formula is C19H26N4O4. The highest BCUT2D eigenvalue weighted by Gasteiger charge is 2.18. The van der Waals surface area contributed by atoms with Crippen molar-refractivity contribution in [2.24, 2.45) is 11.0 Å². The molecule has 1 fully saturated rings. The number of nitrogens with zero attached hydrogens (tertiary/aromatic N) is 2. The Bertz CT molecular complexity index is 679. The maximum absolute atomic E-state index is 11.9. The van der Waals surface area contributed by atoms with Crippen molar-refractivity contribution in [2.75, 3.05) is 26.2 Å². The summed E-state index contributed by atoms with van der Waals surface area (Å²) in [5.41, 5.74) is 2.90. The highest BCUT2D eigenvalue weighted by atomic mass is 16.5. The second kappa shape index (κ2) is 10.3. The van der Waals surface area contributed by atoms with E-state index >= 15 is 0 Å². The molecule has 0 spiro atoms. The smallest absolute Gasteiger partial charge is 0.329 e. The molecule has 1 aromatic rings. The van der Waals surface area contributed by atoms with E-state index in [1.165, 1.54) is 6.21 Å². The fourth-order valence-electron chi connectivity index (χ4n) is 2.45. The van der Waals surface area contributed by atoms with Crippen molar-refractivity contribution in [3.63, 3.8) is 0 Å². The van der Waals surface area contributed by atoms with Crippen LogP contribution in [0, 0.1) is 5.92 Å². The largest absolute Gasteiger partial charge is 0.484 e. The summed E-state index contributed by atoms with van der Waals surface area (Å²) >= 11 is 0. The highest BCUT2D eigenvalue weighted by molar-refractivity contribution is 6.35. The monoisotopic (exact) mass is 374 g/mol. The van der Waals surface area contributed by atoms with E-state index in [-0.39, 0.29) is 18.4 Å². The maximum atomic E-state index is 11.9. The van der Waals surface area contributed by atoms with E-state index in [1.807, 2.05) is 13.8 Å². The molecule has 8 nitrogen and oxygen atoms in total. The Morgan fingerprint density at radius 2 is 1.81 bits per heavy atom. The molecule has 0 saturated carbocycles. The molecule has 1 aliphatic rings. The zero-order valence-electron chi connectivity index (χ0n) is 15.7. The van der Waals surface area contributed by atoms with Gasteiger partial charge in [0.15, 0.2) is 6.61 Å². The van der Waals surface area contributed by atoms with E-state index in [4.69, 9.17) is 4.74 Å². The van der Waals surface area contributed by atoms with Gasteiger partial charge in [0, 0.05) is 19.6 Å². The van der Waals surface area contributed by atoms with Gasteiger partial charge < -0.3 is 15.0 Å². The maximum Gasteiger partial charge on any atom is 0.329 e. The Morgan fingerprint density at radius 1 is 1.15 bits per heavy atom. The number of nitrogens with one attached hydrogen (secondary N) is 2. The summed E-state index contributed by atoms with van der Waals surface area (Å²) in [6, 6.07) is 6.92. The molecule has 0 unspecified atom stereocenters. The molecule has 0 aromatic heterocycles. The number of benzene rings is 1. The second-order valence-electron chi connectivity index (χ2n) is 6.75. The lowest BCUT2D eigenvalue weighted by Crippen LogP contribution is -2.39. The Balaban J connectivity index is 1.74. The van der Waals surface area contributed by atoms with Gasteiger partial charge in [-0.05, 0) is 48.6 Å². The molecule has 27 heavy (non-hydrogen) atoms. The van der Waals surface area contributed by atoms with Gasteiger partial charge in [-0.1, -0.05) is 13.8 Å². The minimum Gasteiger partial charge on any atom is -0.484 e. The van der Waals surface area contributed by atoms with Crippen LogP contribution in [0.2, 0.25) is 0 Å². The predicted molar refractivity (Wildman–Crippen MR) is 101 cm³/mol. The number of amides is 3. The van der Waals surface area contributed by atoms with Crippen molar-refractivity contribution in [3.05, 3.63) is 29.8 Å². The molecule has 1 heterocycles. The lowest BCUT2D eigenvalue weighted by Gasteiger charge is -2.15. The third-order valence-corrected chi connectivity index (χ3v) is 3.96. The molecule has 146 valence electrons. The van der Waals surface area contributed by atoms with Crippen molar-refractivity contribution in [3.8, 4) is 5.75 Å². The Kier molecular flexibility index (Phi) is 7.79. The summed E-state index contributed by atoms with van der Waals surface area (Å²) in [6.45, 7) is 5.93. The number of likely N-dealkylation sites (tertiary alicyclic amines) is 1. The van der Waals surface area contributed by atoms with E-state index in [2.05, 4.69) is 15.8 Å². The minimum absolute atomic E-state index is 0.00315. The van der Waals surface area contributed by atoms with E-state index < -0.39 is 11.8 Å². The number of hydrogen-bond donors (Lipinski definition) is 2. The lowest BCUT2D eigenvalue weighted by atomic mass is 10.2. The van der Waals surface area contributed by atoms with Crippen LogP contribution in [0.4, 0.5) is 0 Å². The van der Waals surface area contributed by atoms with Gasteiger partial charge in [-0.3, -0.25) is 14.4 Å². The molecule has 3 amide bonds. The van der Waals surface area contributed by atoms with Gasteiger partial charge in [0.1, 0.15) is 5.75 Å². The van der Waals surface area contributed by atoms with Crippen LogP contribution in [0.5, 0.6) is 5.75 Å². The molecule has 8 heteroatoms. The molecule has 2 N–H and O–H groups in total. The summed E-state index contributed by atoms with van der Waals surface area (Å²) in [6.07, 6.45) is 3.53. The van der Waals surface area contributed by atoms with Crippen LogP contribution < -0.4 is 15.5 Å².